The molecular formula is C13H14N4O. The van der Waals surface area contributed by atoms with Gasteiger partial charge < -0.3 is 9.88 Å². The Morgan fingerprint density at radius 1 is 1.39 bits per heavy atom. The molecule has 0 aliphatic carbocycles. The second-order valence-corrected chi connectivity index (χ2v) is 4.34. The van der Waals surface area contributed by atoms with Crippen LogP contribution in [0.4, 0.5) is 5.69 Å². The molecule has 0 radical (unpaired) electrons. The molecule has 0 bridgehead atoms. The molecule has 92 valence electrons. The number of aryl methyl sites for hydroxylation is 1. The molecule has 0 saturated carbocycles. The van der Waals surface area contributed by atoms with Crippen LogP contribution < -0.4 is 16.2 Å². The Bertz CT molecular complexity index is 648. The minimum atomic E-state index is -0.0774. The molecule has 2 N–H and O–H groups in total. The van der Waals surface area contributed by atoms with E-state index in [1.165, 1.54) is 10.1 Å². The van der Waals surface area contributed by atoms with Crippen molar-refractivity contribution in [2.45, 2.75) is 6.54 Å². The highest BCUT2D eigenvalue weighted by atomic mass is 16.1. The summed E-state index contributed by atoms with van der Waals surface area (Å²) in [5, 5.41) is 6.49. The third-order valence-corrected chi connectivity index (χ3v) is 3.12. The fourth-order valence-electron chi connectivity index (χ4n) is 2.09. The van der Waals surface area contributed by atoms with E-state index in [4.69, 9.17) is 0 Å². The third-order valence-electron chi connectivity index (χ3n) is 3.12. The minimum Gasteiger partial charge on any atom is -0.372 e. The molecule has 5 heteroatoms. The molecule has 0 amide bonds. The number of hydrogen-bond acceptors (Lipinski definition) is 4. The van der Waals surface area contributed by atoms with Crippen molar-refractivity contribution in [1.29, 1.82) is 0 Å². The van der Waals surface area contributed by atoms with Crippen molar-refractivity contribution in [3.05, 3.63) is 46.5 Å². The van der Waals surface area contributed by atoms with Gasteiger partial charge in [-0.25, -0.2) is 4.98 Å². The molecule has 1 aliphatic rings. The molecule has 0 unspecified atom stereocenters. The number of fused-ring (bicyclic) bond motifs is 1. The third kappa shape index (κ3) is 1.78. The van der Waals surface area contributed by atoms with Crippen molar-refractivity contribution in [2.24, 2.45) is 7.05 Å². The van der Waals surface area contributed by atoms with Crippen molar-refractivity contribution in [3.8, 4) is 11.3 Å². The van der Waals surface area contributed by atoms with Crippen molar-refractivity contribution >= 4 is 5.69 Å². The van der Waals surface area contributed by atoms with E-state index in [0.717, 1.165) is 24.5 Å². The summed E-state index contributed by atoms with van der Waals surface area (Å²) in [4.78, 5) is 16.2. The molecular weight excluding hydrogens is 228 g/mol. The van der Waals surface area contributed by atoms with Crippen LogP contribution in [0.3, 0.4) is 0 Å². The van der Waals surface area contributed by atoms with Gasteiger partial charge in [0.2, 0.25) is 0 Å². The van der Waals surface area contributed by atoms with E-state index in [-0.39, 0.29) is 5.56 Å². The molecule has 0 atom stereocenters. The lowest BCUT2D eigenvalue weighted by Crippen LogP contribution is -2.27. The molecule has 0 fully saturated rings. The molecule has 1 aromatic carbocycles. The summed E-state index contributed by atoms with van der Waals surface area (Å²) < 4.78 is 1.54. The highest BCUT2D eigenvalue weighted by molar-refractivity contribution is 5.67. The van der Waals surface area contributed by atoms with Crippen LogP contribution in [-0.2, 0) is 13.6 Å². The number of anilines is 1. The summed E-state index contributed by atoms with van der Waals surface area (Å²) in [7, 11) is 1.73. The van der Waals surface area contributed by atoms with E-state index in [2.05, 4.69) is 15.6 Å². The summed E-state index contributed by atoms with van der Waals surface area (Å²) in [5.41, 5.74) is 3.54. The Morgan fingerprint density at radius 3 is 3.17 bits per heavy atom. The van der Waals surface area contributed by atoms with Crippen LogP contribution in [0.2, 0.25) is 0 Å². The Kier molecular flexibility index (Phi) is 2.60. The fraction of sp³-hybridized carbons (Fsp3) is 0.231. The van der Waals surface area contributed by atoms with Gasteiger partial charge in [0.05, 0.1) is 6.67 Å². The standard InChI is InChI=1S/C13H14N4O/c1-17-5-4-15-12(13(17)18)9-2-3-10-7-14-8-16-11(10)6-9/h2-6,14,16H,7-8H2,1H3. The zero-order valence-electron chi connectivity index (χ0n) is 10.1. The molecule has 1 aliphatic heterocycles. The number of benzene rings is 1. The maximum Gasteiger partial charge on any atom is 0.276 e. The second kappa shape index (κ2) is 4.27. The van der Waals surface area contributed by atoms with Crippen LogP contribution in [0.25, 0.3) is 11.3 Å². The number of nitrogens with one attached hydrogen (secondary N) is 2. The van der Waals surface area contributed by atoms with Gasteiger partial charge in [-0.1, -0.05) is 12.1 Å². The van der Waals surface area contributed by atoms with Crippen molar-refractivity contribution in [2.75, 3.05) is 12.0 Å². The topological polar surface area (TPSA) is 59.0 Å². The molecule has 3 rings (SSSR count). The molecule has 5 nitrogen and oxygen atoms in total. The van der Waals surface area contributed by atoms with E-state index in [1.807, 2.05) is 18.2 Å². The Hall–Kier alpha value is -2.14. The Labute approximate surface area is 104 Å². The predicted octanol–water partition coefficient (Wildman–Crippen LogP) is 0.920. The van der Waals surface area contributed by atoms with Crippen LogP contribution in [0, 0.1) is 0 Å². The van der Waals surface area contributed by atoms with Crippen molar-refractivity contribution < 1.29 is 0 Å². The summed E-state index contributed by atoms with van der Waals surface area (Å²) in [6, 6.07) is 5.95. The van der Waals surface area contributed by atoms with Gasteiger partial charge in [0.25, 0.3) is 5.56 Å². The maximum atomic E-state index is 12.0. The smallest absolute Gasteiger partial charge is 0.276 e. The first-order chi connectivity index (χ1) is 8.75. The number of hydrogen-bond donors (Lipinski definition) is 2. The largest absolute Gasteiger partial charge is 0.372 e. The average Bonchev–Trinajstić information content (AvgIpc) is 2.41. The summed E-state index contributed by atoms with van der Waals surface area (Å²) in [6.45, 7) is 1.60. The average molecular weight is 242 g/mol. The van der Waals surface area contributed by atoms with Crippen LogP contribution in [-0.4, -0.2) is 16.2 Å². The summed E-state index contributed by atoms with van der Waals surface area (Å²) in [5.74, 6) is 0. The zero-order chi connectivity index (χ0) is 12.5. The van der Waals surface area contributed by atoms with Crippen LogP contribution in [0.15, 0.2) is 35.4 Å². The fourth-order valence-corrected chi connectivity index (χ4v) is 2.09. The van der Waals surface area contributed by atoms with Gasteiger partial charge in [-0.05, 0) is 11.6 Å². The molecule has 2 aromatic rings. The van der Waals surface area contributed by atoms with Gasteiger partial charge in [0.15, 0.2) is 0 Å². The predicted molar refractivity (Wildman–Crippen MR) is 70.2 cm³/mol. The van der Waals surface area contributed by atoms with Gasteiger partial charge in [-0.2, -0.15) is 0 Å². The molecule has 2 heterocycles. The molecule has 18 heavy (non-hydrogen) atoms. The first-order valence-corrected chi connectivity index (χ1v) is 5.85. The van der Waals surface area contributed by atoms with Gasteiger partial charge >= 0.3 is 0 Å². The van der Waals surface area contributed by atoms with Crippen LogP contribution >= 0.6 is 0 Å². The molecule has 0 spiro atoms. The molecule has 1 aromatic heterocycles. The lowest BCUT2D eigenvalue weighted by Gasteiger charge is -2.19. The van der Waals surface area contributed by atoms with Gasteiger partial charge in [0, 0.05) is 37.2 Å². The van der Waals surface area contributed by atoms with Crippen LogP contribution in [0.1, 0.15) is 5.56 Å². The number of rotatable bonds is 1. The van der Waals surface area contributed by atoms with Crippen molar-refractivity contribution in [3.63, 3.8) is 0 Å². The number of nitrogens with zero attached hydrogens (tertiary/aromatic N) is 2. The zero-order valence-corrected chi connectivity index (χ0v) is 10.1. The normalized spacial score (nSPS) is 13.8. The number of aromatic nitrogens is 2. The van der Waals surface area contributed by atoms with E-state index in [1.54, 1.807) is 19.4 Å². The Morgan fingerprint density at radius 2 is 2.28 bits per heavy atom. The first-order valence-electron chi connectivity index (χ1n) is 5.85. The summed E-state index contributed by atoms with van der Waals surface area (Å²) >= 11 is 0. The minimum absolute atomic E-state index is 0.0774. The lowest BCUT2D eigenvalue weighted by molar-refractivity contribution is 0.709. The van der Waals surface area contributed by atoms with E-state index < -0.39 is 0 Å². The second-order valence-electron chi connectivity index (χ2n) is 4.34. The van der Waals surface area contributed by atoms with Crippen molar-refractivity contribution in [1.82, 2.24) is 14.9 Å². The van der Waals surface area contributed by atoms with E-state index >= 15 is 0 Å². The quantitative estimate of drug-likeness (QED) is 0.780. The van der Waals surface area contributed by atoms with Gasteiger partial charge in [0.1, 0.15) is 5.69 Å². The highest BCUT2D eigenvalue weighted by Gasteiger charge is 2.11. The monoisotopic (exact) mass is 242 g/mol. The summed E-state index contributed by atoms with van der Waals surface area (Å²) in [6.07, 6.45) is 3.30. The first kappa shape index (κ1) is 11.0. The van der Waals surface area contributed by atoms with E-state index in [9.17, 15) is 4.79 Å². The highest BCUT2D eigenvalue weighted by Crippen LogP contribution is 2.24. The van der Waals surface area contributed by atoms with Gasteiger partial charge in [-0.15, -0.1) is 0 Å². The maximum absolute atomic E-state index is 12.0. The van der Waals surface area contributed by atoms with Gasteiger partial charge in [-0.3, -0.25) is 10.1 Å². The SMILES string of the molecule is Cn1ccnc(-c2ccc3c(c2)NCNC3)c1=O. The van der Waals surface area contributed by atoms with Crippen LogP contribution in [0.5, 0.6) is 0 Å². The van der Waals surface area contributed by atoms with E-state index in [0.29, 0.717) is 5.69 Å². The Balaban J connectivity index is 2.12. The lowest BCUT2D eigenvalue weighted by atomic mass is 10.1. The molecule has 0 saturated heterocycles.